The molecule has 1 aliphatic heterocycles. The Morgan fingerprint density at radius 3 is 2.61 bits per heavy atom. The number of anilines is 1. The summed E-state index contributed by atoms with van der Waals surface area (Å²) in [5.74, 6) is 0.431. The molecule has 0 saturated carbocycles. The maximum Gasteiger partial charge on any atom is 0.270 e. The molecular formula is C25H26FN5O2. The first kappa shape index (κ1) is 21.2. The number of aromatic nitrogens is 2. The number of hydrogen-bond acceptors (Lipinski definition) is 5. The minimum Gasteiger partial charge on any atom is -0.468 e. The van der Waals surface area contributed by atoms with E-state index in [1.807, 2.05) is 60.0 Å². The molecule has 1 unspecified atom stereocenters. The first-order valence-electron chi connectivity index (χ1n) is 11.1. The number of pyridine rings is 1. The molecule has 1 atom stereocenters. The van der Waals surface area contributed by atoms with Crippen LogP contribution in [0.5, 0.6) is 0 Å². The van der Waals surface area contributed by atoms with Gasteiger partial charge >= 0.3 is 0 Å². The third-order valence-electron chi connectivity index (χ3n) is 6.19. The number of piperazine rings is 1. The lowest BCUT2D eigenvalue weighted by molar-refractivity contribution is 0.0916. The largest absolute Gasteiger partial charge is 0.468 e. The second-order valence-electron chi connectivity index (χ2n) is 8.22. The fraction of sp³-hybridized carbons (Fsp3) is 0.280. The van der Waals surface area contributed by atoms with E-state index in [0.717, 1.165) is 43.3 Å². The highest BCUT2D eigenvalue weighted by Crippen LogP contribution is 2.25. The number of hydrogen-bond donors (Lipinski definition) is 1. The maximum absolute atomic E-state index is 13.3. The minimum absolute atomic E-state index is 0.0844. The second-order valence-corrected chi connectivity index (χ2v) is 8.22. The maximum atomic E-state index is 13.3. The van der Waals surface area contributed by atoms with Gasteiger partial charge in [0, 0.05) is 44.6 Å². The number of aryl methyl sites for hydroxylation is 1. The molecule has 1 amide bonds. The van der Waals surface area contributed by atoms with Gasteiger partial charge in [0.15, 0.2) is 0 Å². The Hall–Kier alpha value is -3.65. The van der Waals surface area contributed by atoms with Gasteiger partial charge in [-0.25, -0.2) is 9.37 Å². The van der Waals surface area contributed by atoms with Gasteiger partial charge in [-0.2, -0.15) is 0 Å². The van der Waals surface area contributed by atoms with E-state index in [-0.39, 0.29) is 17.8 Å². The molecule has 8 heteroatoms. The van der Waals surface area contributed by atoms with Crippen LogP contribution in [0.2, 0.25) is 0 Å². The van der Waals surface area contributed by atoms with Crippen molar-refractivity contribution in [1.82, 2.24) is 19.6 Å². The lowest BCUT2D eigenvalue weighted by Gasteiger charge is -2.39. The SMILES string of the molecule is Cc1nc2ccccn2c1C(=O)NCC(c1ccco1)N1CCN(c2ccc(F)cc2)CC1. The average Bonchev–Trinajstić information content (AvgIpc) is 3.47. The Kier molecular flexibility index (Phi) is 5.83. The van der Waals surface area contributed by atoms with Crippen molar-refractivity contribution in [1.29, 1.82) is 0 Å². The molecule has 7 nitrogen and oxygen atoms in total. The van der Waals surface area contributed by atoms with Gasteiger partial charge in [0.25, 0.3) is 5.91 Å². The van der Waals surface area contributed by atoms with Gasteiger partial charge in [0.05, 0.1) is 18.0 Å². The number of rotatable bonds is 6. The predicted molar refractivity (Wildman–Crippen MR) is 124 cm³/mol. The van der Waals surface area contributed by atoms with Gasteiger partial charge in [-0.1, -0.05) is 6.07 Å². The van der Waals surface area contributed by atoms with Gasteiger partial charge in [-0.3, -0.25) is 14.1 Å². The van der Waals surface area contributed by atoms with E-state index in [2.05, 4.69) is 20.1 Å². The molecule has 0 radical (unpaired) electrons. The fourth-order valence-corrected chi connectivity index (χ4v) is 4.49. The van der Waals surface area contributed by atoms with E-state index in [0.29, 0.717) is 17.9 Å². The molecule has 4 heterocycles. The van der Waals surface area contributed by atoms with Gasteiger partial charge in [-0.15, -0.1) is 0 Å². The highest BCUT2D eigenvalue weighted by atomic mass is 19.1. The van der Waals surface area contributed by atoms with Crippen LogP contribution in [0.3, 0.4) is 0 Å². The number of imidazole rings is 1. The molecule has 0 bridgehead atoms. The van der Waals surface area contributed by atoms with E-state index in [1.165, 1.54) is 12.1 Å². The average molecular weight is 448 g/mol. The number of fused-ring (bicyclic) bond motifs is 1. The van der Waals surface area contributed by atoms with Crippen LogP contribution in [-0.4, -0.2) is 52.9 Å². The first-order valence-corrected chi connectivity index (χ1v) is 11.1. The topological polar surface area (TPSA) is 66.0 Å². The van der Waals surface area contributed by atoms with Crippen LogP contribution >= 0.6 is 0 Å². The third-order valence-corrected chi connectivity index (χ3v) is 6.19. The van der Waals surface area contributed by atoms with Gasteiger partial charge < -0.3 is 14.6 Å². The molecule has 1 saturated heterocycles. The smallest absolute Gasteiger partial charge is 0.270 e. The van der Waals surface area contributed by atoms with Crippen molar-refractivity contribution in [2.75, 3.05) is 37.6 Å². The quantitative estimate of drug-likeness (QED) is 0.489. The standard InChI is InChI=1S/C25H26FN5O2/c1-18-24(31-11-3-2-6-23(31)28-18)25(32)27-17-21(22-5-4-16-33-22)30-14-12-29(13-15-30)20-9-7-19(26)8-10-20/h2-11,16,21H,12-15,17H2,1H3,(H,27,32). The van der Waals surface area contributed by atoms with Gasteiger partial charge in [-0.05, 0) is 55.5 Å². The molecule has 170 valence electrons. The number of nitrogens with zero attached hydrogens (tertiary/aromatic N) is 4. The summed E-state index contributed by atoms with van der Waals surface area (Å²) in [5, 5.41) is 3.10. The summed E-state index contributed by atoms with van der Waals surface area (Å²) in [6.07, 6.45) is 3.51. The molecule has 33 heavy (non-hydrogen) atoms. The Morgan fingerprint density at radius 1 is 1.09 bits per heavy atom. The van der Waals surface area contributed by atoms with Crippen LogP contribution < -0.4 is 10.2 Å². The molecule has 1 aromatic carbocycles. The van der Waals surface area contributed by atoms with Crippen molar-refractivity contribution in [2.24, 2.45) is 0 Å². The Bertz CT molecular complexity index is 1230. The van der Waals surface area contributed by atoms with E-state index < -0.39 is 0 Å². The molecule has 4 aromatic rings. The molecular weight excluding hydrogens is 421 g/mol. The zero-order valence-electron chi connectivity index (χ0n) is 18.4. The first-order chi connectivity index (χ1) is 16.1. The van der Waals surface area contributed by atoms with E-state index >= 15 is 0 Å². The van der Waals surface area contributed by atoms with Crippen molar-refractivity contribution in [3.8, 4) is 0 Å². The van der Waals surface area contributed by atoms with E-state index in [4.69, 9.17) is 4.42 Å². The number of benzene rings is 1. The van der Waals surface area contributed by atoms with Crippen molar-refractivity contribution in [2.45, 2.75) is 13.0 Å². The number of amides is 1. The highest BCUT2D eigenvalue weighted by Gasteiger charge is 2.28. The van der Waals surface area contributed by atoms with Crippen LogP contribution in [-0.2, 0) is 0 Å². The highest BCUT2D eigenvalue weighted by molar-refractivity contribution is 5.94. The Balaban J connectivity index is 1.28. The van der Waals surface area contributed by atoms with Crippen LogP contribution in [0.25, 0.3) is 5.65 Å². The number of nitrogens with one attached hydrogen (secondary N) is 1. The van der Waals surface area contributed by atoms with Crippen LogP contribution in [0.15, 0.2) is 71.5 Å². The summed E-state index contributed by atoms with van der Waals surface area (Å²) < 4.78 is 20.8. The zero-order valence-corrected chi connectivity index (χ0v) is 18.4. The normalized spacial score (nSPS) is 15.6. The number of halogens is 1. The third kappa shape index (κ3) is 4.34. The molecule has 1 fully saturated rings. The molecule has 3 aromatic heterocycles. The monoisotopic (exact) mass is 447 g/mol. The van der Waals surface area contributed by atoms with E-state index in [1.54, 1.807) is 6.26 Å². The molecule has 0 spiro atoms. The van der Waals surface area contributed by atoms with Crippen molar-refractivity contribution in [3.05, 3.63) is 90.0 Å². The molecule has 1 N–H and O–H groups in total. The van der Waals surface area contributed by atoms with Crippen molar-refractivity contribution < 1.29 is 13.6 Å². The number of carbonyl (C=O) groups excluding carboxylic acids is 1. The summed E-state index contributed by atoms with van der Waals surface area (Å²) >= 11 is 0. The van der Waals surface area contributed by atoms with Gasteiger partial charge in [0.2, 0.25) is 0 Å². The summed E-state index contributed by atoms with van der Waals surface area (Å²) in [5.41, 5.74) is 3.01. The van der Waals surface area contributed by atoms with Crippen LogP contribution in [0, 0.1) is 12.7 Å². The number of furan rings is 1. The lowest BCUT2D eigenvalue weighted by atomic mass is 10.1. The molecule has 0 aliphatic carbocycles. The van der Waals surface area contributed by atoms with Crippen molar-refractivity contribution >= 4 is 17.2 Å². The van der Waals surface area contributed by atoms with E-state index in [9.17, 15) is 9.18 Å². The van der Waals surface area contributed by atoms with Crippen LogP contribution in [0.1, 0.15) is 28.0 Å². The Labute approximate surface area is 191 Å². The van der Waals surface area contributed by atoms with Crippen LogP contribution in [0.4, 0.5) is 10.1 Å². The second kappa shape index (κ2) is 9.07. The predicted octanol–water partition coefficient (Wildman–Crippen LogP) is 3.67. The zero-order chi connectivity index (χ0) is 22.8. The minimum atomic E-state index is -0.229. The lowest BCUT2D eigenvalue weighted by Crippen LogP contribution is -2.50. The fourth-order valence-electron chi connectivity index (χ4n) is 4.49. The summed E-state index contributed by atoms with van der Waals surface area (Å²) in [4.78, 5) is 22.2. The molecule has 1 aliphatic rings. The summed E-state index contributed by atoms with van der Waals surface area (Å²) in [7, 11) is 0. The summed E-state index contributed by atoms with van der Waals surface area (Å²) in [6, 6.07) is 16.0. The number of carbonyl (C=O) groups is 1. The summed E-state index contributed by atoms with van der Waals surface area (Å²) in [6.45, 7) is 5.48. The van der Waals surface area contributed by atoms with Gasteiger partial charge in [0.1, 0.15) is 22.9 Å². The molecule has 5 rings (SSSR count). The Morgan fingerprint density at radius 2 is 1.88 bits per heavy atom. The van der Waals surface area contributed by atoms with Crippen molar-refractivity contribution in [3.63, 3.8) is 0 Å².